The summed E-state index contributed by atoms with van der Waals surface area (Å²) < 4.78 is 0. The Morgan fingerprint density at radius 3 is 2.43 bits per heavy atom. The van der Waals surface area contributed by atoms with Crippen LogP contribution in [0.25, 0.3) is 0 Å². The second kappa shape index (κ2) is 14.1. The first-order valence-corrected chi connectivity index (χ1v) is 13.5. The van der Waals surface area contributed by atoms with E-state index in [1.165, 1.54) is 4.90 Å². The highest BCUT2D eigenvalue weighted by Crippen LogP contribution is 2.20. The van der Waals surface area contributed by atoms with Crippen molar-refractivity contribution in [3.05, 3.63) is 35.9 Å². The smallest absolute Gasteiger partial charge is 0.326 e. The first kappa shape index (κ1) is 28.6. The number of hydrogen-bond donors (Lipinski definition) is 4. The van der Waals surface area contributed by atoms with Crippen molar-refractivity contribution in [3.63, 3.8) is 0 Å². The minimum Gasteiger partial charge on any atom is -0.480 e. The number of carbonyl (C=O) groups is 4. The molecule has 4 atom stereocenters. The van der Waals surface area contributed by atoms with Crippen molar-refractivity contribution >= 4 is 35.5 Å². The zero-order valence-electron chi connectivity index (χ0n) is 20.7. The summed E-state index contributed by atoms with van der Waals surface area (Å²) >= 11 is 1.61. The van der Waals surface area contributed by atoms with Gasteiger partial charge < -0.3 is 26.4 Å². The average molecular weight is 507 g/mol. The summed E-state index contributed by atoms with van der Waals surface area (Å²) in [5.74, 6) is -1.54. The number of aliphatic carboxylic acids is 1. The molecular weight excluding hydrogens is 468 g/mol. The molecular formula is C25H38N4O5S. The molecule has 0 aromatic heterocycles. The SMILES string of the molecule is CSCCC(N)C(=O)N1CCCC1C(=O)NC(CC(C)C)C(=O)NC(Cc1ccccc1)C(=O)O. The largest absolute Gasteiger partial charge is 0.480 e. The van der Waals surface area contributed by atoms with Crippen molar-refractivity contribution in [1.29, 1.82) is 0 Å². The molecule has 35 heavy (non-hydrogen) atoms. The molecule has 1 aliphatic heterocycles. The average Bonchev–Trinajstić information content (AvgIpc) is 3.31. The van der Waals surface area contributed by atoms with Gasteiger partial charge in [0.05, 0.1) is 6.04 Å². The molecule has 3 amide bonds. The maximum Gasteiger partial charge on any atom is 0.326 e. The molecule has 194 valence electrons. The zero-order valence-corrected chi connectivity index (χ0v) is 21.6. The summed E-state index contributed by atoms with van der Waals surface area (Å²) in [5.41, 5.74) is 6.83. The van der Waals surface area contributed by atoms with Crippen LogP contribution in [-0.4, -0.2) is 76.4 Å². The number of benzene rings is 1. The second-order valence-electron chi connectivity index (χ2n) is 9.36. The topological polar surface area (TPSA) is 142 Å². The Kier molecular flexibility index (Phi) is 11.5. The number of carboxylic acids is 1. The molecule has 1 aromatic carbocycles. The number of amides is 3. The minimum absolute atomic E-state index is 0.0738. The van der Waals surface area contributed by atoms with Crippen molar-refractivity contribution in [2.45, 2.75) is 70.1 Å². The van der Waals surface area contributed by atoms with Gasteiger partial charge in [-0.05, 0) is 49.2 Å². The highest BCUT2D eigenvalue weighted by molar-refractivity contribution is 7.98. The minimum atomic E-state index is -1.15. The van der Waals surface area contributed by atoms with Crippen LogP contribution in [0.2, 0.25) is 0 Å². The molecule has 4 unspecified atom stereocenters. The van der Waals surface area contributed by atoms with Crippen LogP contribution >= 0.6 is 11.8 Å². The number of nitrogens with one attached hydrogen (secondary N) is 2. The van der Waals surface area contributed by atoms with E-state index in [-0.39, 0.29) is 18.2 Å². The van der Waals surface area contributed by atoms with Crippen molar-refractivity contribution in [2.75, 3.05) is 18.6 Å². The number of likely N-dealkylation sites (tertiary alicyclic amines) is 1. The molecule has 1 aromatic rings. The third-order valence-electron chi connectivity index (χ3n) is 6.03. The molecule has 10 heteroatoms. The van der Waals surface area contributed by atoms with E-state index < -0.39 is 42.0 Å². The fourth-order valence-corrected chi connectivity index (χ4v) is 4.67. The molecule has 9 nitrogen and oxygen atoms in total. The maximum atomic E-state index is 13.2. The van der Waals surface area contributed by atoms with Gasteiger partial charge in [-0.15, -0.1) is 0 Å². The highest BCUT2D eigenvalue weighted by atomic mass is 32.2. The van der Waals surface area contributed by atoms with Crippen LogP contribution in [0.4, 0.5) is 0 Å². The second-order valence-corrected chi connectivity index (χ2v) is 10.3. The Labute approximate surface area is 211 Å². The van der Waals surface area contributed by atoms with Gasteiger partial charge in [-0.1, -0.05) is 44.2 Å². The van der Waals surface area contributed by atoms with E-state index in [0.717, 1.165) is 11.3 Å². The van der Waals surface area contributed by atoms with Gasteiger partial charge >= 0.3 is 5.97 Å². The zero-order chi connectivity index (χ0) is 26.0. The lowest BCUT2D eigenvalue weighted by Crippen LogP contribution is -2.57. The van der Waals surface area contributed by atoms with Gasteiger partial charge in [0.2, 0.25) is 17.7 Å². The van der Waals surface area contributed by atoms with E-state index in [0.29, 0.717) is 32.2 Å². The summed E-state index contributed by atoms with van der Waals surface area (Å²) in [6.07, 6.45) is 4.11. The molecule has 0 spiro atoms. The quantitative estimate of drug-likeness (QED) is 0.317. The standard InChI is InChI=1S/C25H38N4O5S/c1-16(2)14-19(22(30)28-20(25(33)34)15-17-8-5-4-6-9-17)27-23(31)21-10-7-12-29(21)24(32)18(26)11-13-35-3/h4-6,8-9,16,18-21H,7,10-15,26H2,1-3H3,(H,27,31)(H,28,30)(H,33,34). The molecule has 1 fully saturated rings. The molecule has 1 aliphatic rings. The van der Waals surface area contributed by atoms with E-state index in [4.69, 9.17) is 5.73 Å². The van der Waals surface area contributed by atoms with Gasteiger partial charge in [0.25, 0.3) is 0 Å². The number of thioether (sulfide) groups is 1. The first-order chi connectivity index (χ1) is 16.6. The lowest BCUT2D eigenvalue weighted by atomic mass is 10.0. The Balaban J connectivity index is 2.08. The van der Waals surface area contributed by atoms with Gasteiger partial charge in [-0.2, -0.15) is 11.8 Å². The maximum absolute atomic E-state index is 13.2. The Hall–Kier alpha value is -2.59. The normalized spacial score (nSPS) is 18.1. The van der Waals surface area contributed by atoms with E-state index in [1.54, 1.807) is 36.0 Å². The molecule has 0 saturated carbocycles. The number of carbonyl (C=O) groups excluding carboxylic acids is 3. The molecule has 1 saturated heterocycles. The molecule has 2 rings (SSSR count). The van der Waals surface area contributed by atoms with Crippen LogP contribution in [0.3, 0.4) is 0 Å². The van der Waals surface area contributed by atoms with Gasteiger partial charge in [0, 0.05) is 13.0 Å². The van der Waals surface area contributed by atoms with E-state index >= 15 is 0 Å². The van der Waals surface area contributed by atoms with E-state index in [2.05, 4.69) is 10.6 Å². The fourth-order valence-electron chi connectivity index (χ4n) is 4.18. The van der Waals surface area contributed by atoms with Gasteiger partial charge in [0.15, 0.2) is 0 Å². The lowest BCUT2D eigenvalue weighted by Gasteiger charge is -2.29. The van der Waals surface area contributed by atoms with Crippen molar-refractivity contribution < 1.29 is 24.3 Å². The number of nitrogens with zero attached hydrogens (tertiary/aromatic N) is 1. The highest BCUT2D eigenvalue weighted by Gasteiger charge is 2.38. The van der Waals surface area contributed by atoms with Gasteiger partial charge in [-0.3, -0.25) is 14.4 Å². The third kappa shape index (κ3) is 8.85. The van der Waals surface area contributed by atoms with E-state index in [1.807, 2.05) is 26.2 Å². The van der Waals surface area contributed by atoms with Crippen LogP contribution in [0.15, 0.2) is 30.3 Å². The van der Waals surface area contributed by atoms with Gasteiger partial charge in [0.1, 0.15) is 18.1 Å². The summed E-state index contributed by atoms with van der Waals surface area (Å²) in [7, 11) is 0. The number of rotatable bonds is 13. The molecule has 5 N–H and O–H groups in total. The predicted octanol–water partition coefficient (Wildman–Crippen LogP) is 1.40. The van der Waals surface area contributed by atoms with Crippen LogP contribution in [0, 0.1) is 5.92 Å². The number of nitrogens with two attached hydrogens (primary N) is 1. The lowest BCUT2D eigenvalue weighted by molar-refractivity contribution is -0.143. The Morgan fingerprint density at radius 1 is 1.14 bits per heavy atom. The Morgan fingerprint density at radius 2 is 1.83 bits per heavy atom. The molecule has 0 radical (unpaired) electrons. The third-order valence-corrected chi connectivity index (χ3v) is 6.67. The number of hydrogen-bond acceptors (Lipinski definition) is 6. The van der Waals surface area contributed by atoms with Gasteiger partial charge in [-0.25, -0.2) is 4.79 Å². The van der Waals surface area contributed by atoms with Crippen LogP contribution < -0.4 is 16.4 Å². The molecule has 1 heterocycles. The Bertz CT molecular complexity index is 867. The van der Waals surface area contributed by atoms with Crippen molar-refractivity contribution in [1.82, 2.24) is 15.5 Å². The summed E-state index contributed by atoms with van der Waals surface area (Å²) in [5, 5.41) is 15.0. The number of carboxylic acid groups (broad SMARTS) is 1. The van der Waals surface area contributed by atoms with Crippen LogP contribution in [-0.2, 0) is 25.6 Å². The fraction of sp³-hybridized carbons (Fsp3) is 0.600. The van der Waals surface area contributed by atoms with Crippen molar-refractivity contribution in [3.8, 4) is 0 Å². The summed E-state index contributed by atoms with van der Waals surface area (Å²) in [6, 6.07) is 5.64. The summed E-state index contributed by atoms with van der Waals surface area (Å²) in [6.45, 7) is 4.28. The first-order valence-electron chi connectivity index (χ1n) is 12.1. The summed E-state index contributed by atoms with van der Waals surface area (Å²) in [4.78, 5) is 52.4. The monoisotopic (exact) mass is 506 g/mol. The molecule has 0 bridgehead atoms. The van der Waals surface area contributed by atoms with E-state index in [9.17, 15) is 24.3 Å². The van der Waals surface area contributed by atoms with Crippen molar-refractivity contribution in [2.24, 2.45) is 11.7 Å². The molecule has 0 aliphatic carbocycles. The predicted molar refractivity (Wildman–Crippen MR) is 137 cm³/mol. The van der Waals surface area contributed by atoms with Crippen LogP contribution in [0.5, 0.6) is 0 Å². The van der Waals surface area contributed by atoms with Crippen LogP contribution in [0.1, 0.15) is 45.1 Å².